The number of aliphatic carboxylic acids is 1. The number of halogens is 2. The van der Waals surface area contributed by atoms with Gasteiger partial charge in [-0.2, -0.15) is 0 Å². The normalized spacial score (nSPS) is 12.9. The van der Waals surface area contributed by atoms with Gasteiger partial charge in [-0.05, 0) is 52.9 Å². The first kappa shape index (κ1) is 24.3. The van der Waals surface area contributed by atoms with E-state index in [1.165, 1.54) is 12.1 Å². The van der Waals surface area contributed by atoms with Gasteiger partial charge in [0.25, 0.3) is 0 Å². The predicted molar refractivity (Wildman–Crippen MR) is 134 cm³/mol. The van der Waals surface area contributed by atoms with Crippen molar-refractivity contribution in [2.75, 3.05) is 0 Å². The topological polar surface area (TPSA) is 40.5 Å². The number of carboxylic acids is 1. The number of hydrogen-bond acceptors (Lipinski definition) is 2. The van der Waals surface area contributed by atoms with Gasteiger partial charge in [-0.25, -0.2) is 8.78 Å². The molecule has 4 aromatic carbocycles. The summed E-state index contributed by atoms with van der Waals surface area (Å²) in [5.41, 5.74) is 3.94. The molecule has 0 aromatic heterocycles. The van der Waals surface area contributed by atoms with Crippen LogP contribution < -0.4 is 0 Å². The van der Waals surface area contributed by atoms with E-state index in [1.54, 1.807) is 12.1 Å². The summed E-state index contributed by atoms with van der Waals surface area (Å²) in [6, 6.07) is 30.0. The average Bonchev–Trinajstić information content (AvgIpc) is 2.86. The summed E-state index contributed by atoms with van der Waals surface area (Å²) in [5.74, 6) is -2.23. The molecule has 0 aliphatic heterocycles. The van der Waals surface area contributed by atoms with Crippen LogP contribution in [0, 0.1) is 11.6 Å². The molecule has 0 bridgehead atoms. The van der Waals surface area contributed by atoms with Crippen molar-refractivity contribution in [1.29, 1.82) is 0 Å². The van der Waals surface area contributed by atoms with E-state index in [1.807, 2.05) is 72.8 Å². The molecule has 0 amide bonds. The lowest BCUT2D eigenvalue weighted by atomic mass is 9.94. The largest absolute Gasteiger partial charge is 0.481 e. The minimum absolute atomic E-state index is 0.0870. The molecule has 0 fully saturated rings. The summed E-state index contributed by atoms with van der Waals surface area (Å²) in [6.45, 7) is 2.60. The van der Waals surface area contributed by atoms with E-state index in [9.17, 15) is 18.7 Å². The maximum absolute atomic E-state index is 13.9. The Morgan fingerprint density at radius 2 is 1.37 bits per heavy atom. The average molecular weight is 472 g/mol. The molecule has 1 unspecified atom stereocenters. The Morgan fingerprint density at radius 3 is 2.00 bits per heavy atom. The predicted octanol–water partition coefficient (Wildman–Crippen LogP) is 7.41. The summed E-state index contributed by atoms with van der Waals surface area (Å²) in [7, 11) is 0. The van der Waals surface area contributed by atoms with Crippen molar-refractivity contribution in [3.63, 3.8) is 0 Å². The number of carbonyl (C=O) groups is 1. The van der Waals surface area contributed by atoms with Crippen LogP contribution in [0.3, 0.4) is 0 Å². The highest BCUT2D eigenvalue weighted by atomic mass is 19.1. The van der Waals surface area contributed by atoms with Crippen molar-refractivity contribution >= 4 is 5.97 Å². The van der Waals surface area contributed by atoms with E-state index >= 15 is 0 Å². The third-order valence-corrected chi connectivity index (χ3v) is 6.22. The second-order valence-corrected chi connectivity index (χ2v) is 8.64. The molecule has 0 radical (unpaired) electrons. The van der Waals surface area contributed by atoms with Crippen LogP contribution in [0.15, 0.2) is 103 Å². The molecule has 0 heterocycles. The van der Waals surface area contributed by atoms with Gasteiger partial charge >= 0.3 is 5.97 Å². The van der Waals surface area contributed by atoms with Gasteiger partial charge in [0.15, 0.2) is 0 Å². The molecular weight excluding hydrogens is 444 g/mol. The smallest absolute Gasteiger partial charge is 0.305 e. The first-order valence-electron chi connectivity index (χ1n) is 11.5. The molecule has 2 atom stereocenters. The van der Waals surface area contributed by atoms with Gasteiger partial charge in [-0.3, -0.25) is 9.69 Å². The second-order valence-electron chi connectivity index (χ2n) is 8.64. The summed E-state index contributed by atoms with van der Waals surface area (Å²) < 4.78 is 27.8. The summed E-state index contributed by atoms with van der Waals surface area (Å²) in [4.78, 5) is 14.2. The molecule has 0 aliphatic carbocycles. The van der Waals surface area contributed by atoms with Gasteiger partial charge in [0.2, 0.25) is 0 Å². The molecule has 0 spiro atoms. The molecule has 35 heavy (non-hydrogen) atoms. The summed E-state index contributed by atoms with van der Waals surface area (Å²) >= 11 is 0. The molecule has 4 aromatic rings. The van der Waals surface area contributed by atoms with Crippen molar-refractivity contribution in [3.8, 4) is 11.1 Å². The highest BCUT2D eigenvalue weighted by Gasteiger charge is 2.28. The standard InChI is InChI=1S/C30H27F2NO2/c1-21(23-11-6-3-7-12-23)33(20-22-9-4-2-5-10-22)29(19-30(34)35)25-14-8-13-24(15-25)26-16-27(31)18-28(32)17-26/h2-18,21,29H,19-20H2,1H3,(H,34,35)/t21-,29?/m1/s1. The van der Waals surface area contributed by atoms with Crippen LogP contribution in [0.25, 0.3) is 11.1 Å². The molecule has 178 valence electrons. The molecule has 0 aliphatic rings. The molecule has 3 nitrogen and oxygen atoms in total. The van der Waals surface area contributed by atoms with Crippen molar-refractivity contribution in [2.24, 2.45) is 0 Å². The Bertz CT molecular complexity index is 1260. The fraction of sp³-hybridized carbons (Fsp3) is 0.167. The molecule has 5 heteroatoms. The van der Waals surface area contributed by atoms with Crippen LogP contribution in [-0.2, 0) is 11.3 Å². The highest BCUT2D eigenvalue weighted by Crippen LogP contribution is 2.36. The van der Waals surface area contributed by atoms with Gasteiger partial charge in [0.05, 0.1) is 6.42 Å². The fourth-order valence-corrected chi connectivity index (χ4v) is 4.47. The fourth-order valence-electron chi connectivity index (χ4n) is 4.47. The van der Waals surface area contributed by atoms with Gasteiger partial charge in [0, 0.05) is 24.7 Å². The van der Waals surface area contributed by atoms with Gasteiger partial charge in [0.1, 0.15) is 11.6 Å². The van der Waals surface area contributed by atoms with Crippen LogP contribution in [0.4, 0.5) is 8.78 Å². The zero-order chi connectivity index (χ0) is 24.8. The first-order chi connectivity index (χ1) is 16.9. The lowest BCUT2D eigenvalue weighted by Crippen LogP contribution is -2.32. The van der Waals surface area contributed by atoms with Crippen molar-refractivity contribution in [1.82, 2.24) is 4.90 Å². The Hall–Kier alpha value is -3.83. The highest BCUT2D eigenvalue weighted by molar-refractivity contribution is 5.69. The van der Waals surface area contributed by atoms with E-state index in [2.05, 4.69) is 11.8 Å². The molecule has 1 N–H and O–H groups in total. The van der Waals surface area contributed by atoms with Crippen molar-refractivity contribution in [3.05, 3.63) is 131 Å². The molecule has 0 saturated carbocycles. The molecule has 4 rings (SSSR count). The van der Waals surface area contributed by atoms with Crippen LogP contribution >= 0.6 is 0 Å². The SMILES string of the molecule is C[C@H](c1ccccc1)N(Cc1ccccc1)C(CC(=O)O)c1cccc(-c2cc(F)cc(F)c2)c1. The Kier molecular flexibility index (Phi) is 7.68. The van der Waals surface area contributed by atoms with Gasteiger partial charge < -0.3 is 5.11 Å². The van der Waals surface area contributed by atoms with Crippen molar-refractivity contribution < 1.29 is 18.7 Å². The third-order valence-electron chi connectivity index (χ3n) is 6.22. The number of carboxylic acid groups (broad SMARTS) is 1. The summed E-state index contributed by atoms with van der Waals surface area (Å²) in [6.07, 6.45) is -0.120. The number of nitrogens with zero attached hydrogens (tertiary/aromatic N) is 1. The Balaban J connectivity index is 1.79. The third kappa shape index (κ3) is 6.19. The minimum Gasteiger partial charge on any atom is -0.481 e. The molecule has 0 saturated heterocycles. The van der Waals surface area contributed by atoms with Gasteiger partial charge in [-0.1, -0.05) is 78.9 Å². The van der Waals surface area contributed by atoms with Crippen molar-refractivity contribution in [2.45, 2.75) is 32.0 Å². The van der Waals surface area contributed by atoms with Crippen LogP contribution in [-0.4, -0.2) is 16.0 Å². The van der Waals surface area contributed by atoms with E-state index in [0.717, 1.165) is 22.8 Å². The molecular formula is C30H27F2NO2. The second kappa shape index (κ2) is 11.1. The zero-order valence-corrected chi connectivity index (χ0v) is 19.4. The van der Waals surface area contributed by atoms with Crippen LogP contribution in [0.5, 0.6) is 0 Å². The van der Waals surface area contributed by atoms with E-state index in [0.29, 0.717) is 17.7 Å². The zero-order valence-electron chi connectivity index (χ0n) is 19.4. The van der Waals surface area contributed by atoms with Crippen LogP contribution in [0.2, 0.25) is 0 Å². The lowest BCUT2D eigenvalue weighted by Gasteiger charge is -2.37. The first-order valence-corrected chi connectivity index (χ1v) is 11.5. The number of benzene rings is 4. The Labute approximate surface area is 204 Å². The summed E-state index contributed by atoms with van der Waals surface area (Å²) in [5, 5.41) is 9.85. The van der Waals surface area contributed by atoms with E-state index < -0.39 is 23.6 Å². The monoisotopic (exact) mass is 471 g/mol. The number of rotatable bonds is 9. The Morgan fingerprint density at radius 1 is 0.771 bits per heavy atom. The quantitative estimate of drug-likeness (QED) is 0.276. The minimum atomic E-state index is -0.921. The van der Waals surface area contributed by atoms with E-state index in [4.69, 9.17) is 0 Å². The number of hydrogen-bond donors (Lipinski definition) is 1. The maximum atomic E-state index is 13.9. The lowest BCUT2D eigenvalue weighted by molar-refractivity contribution is -0.138. The van der Waals surface area contributed by atoms with E-state index in [-0.39, 0.29) is 12.5 Å². The van der Waals surface area contributed by atoms with Crippen LogP contribution in [0.1, 0.15) is 42.1 Å². The maximum Gasteiger partial charge on any atom is 0.305 e. The van der Waals surface area contributed by atoms with Gasteiger partial charge in [-0.15, -0.1) is 0 Å².